The van der Waals surface area contributed by atoms with E-state index < -0.39 is 0 Å². The minimum Gasteiger partial charge on any atom is -0.302 e. The maximum Gasteiger partial charge on any atom is 0.140 e. The first-order valence-electron chi connectivity index (χ1n) is 6.37. The van der Waals surface area contributed by atoms with Gasteiger partial charge in [0.25, 0.3) is 0 Å². The van der Waals surface area contributed by atoms with Crippen LogP contribution in [0.25, 0.3) is 5.65 Å². The Morgan fingerprint density at radius 1 is 1.53 bits per heavy atom. The quantitative estimate of drug-likeness (QED) is 0.769. The third-order valence-electron chi connectivity index (χ3n) is 3.85. The number of fused-ring (bicyclic) bond motifs is 3. The fourth-order valence-corrected chi connectivity index (χ4v) is 3.51. The summed E-state index contributed by atoms with van der Waals surface area (Å²) in [5, 5.41) is 0. The number of pyridine rings is 1. The number of rotatable bonds is 1. The van der Waals surface area contributed by atoms with E-state index in [1.54, 1.807) is 0 Å². The van der Waals surface area contributed by atoms with E-state index in [1.807, 2.05) is 0 Å². The Morgan fingerprint density at radius 3 is 3.12 bits per heavy atom. The molecule has 0 amide bonds. The predicted octanol–water partition coefficient (Wildman–Crippen LogP) is 4.24. The third-order valence-corrected chi connectivity index (χ3v) is 4.28. The zero-order valence-electron chi connectivity index (χ0n) is 10.3. The summed E-state index contributed by atoms with van der Waals surface area (Å²) in [6, 6.07) is 2.15. The molecule has 0 aromatic carbocycles. The van der Waals surface area contributed by atoms with E-state index in [4.69, 9.17) is 4.98 Å². The van der Waals surface area contributed by atoms with Crippen LogP contribution in [-0.4, -0.2) is 9.38 Å². The third kappa shape index (κ3) is 1.71. The molecule has 1 unspecified atom stereocenters. The molecule has 0 aliphatic heterocycles. The van der Waals surface area contributed by atoms with Crippen LogP contribution in [0.1, 0.15) is 49.1 Å². The number of hydrogen-bond donors (Lipinski definition) is 0. The van der Waals surface area contributed by atoms with Gasteiger partial charge in [0.05, 0.1) is 5.69 Å². The van der Waals surface area contributed by atoms with Gasteiger partial charge in [0, 0.05) is 22.3 Å². The van der Waals surface area contributed by atoms with Crippen LogP contribution >= 0.6 is 15.9 Å². The van der Waals surface area contributed by atoms with Crippen LogP contribution in [0.2, 0.25) is 0 Å². The molecule has 90 valence electrons. The molecule has 2 aromatic rings. The molecule has 0 saturated carbocycles. The van der Waals surface area contributed by atoms with Gasteiger partial charge in [0.1, 0.15) is 5.65 Å². The van der Waals surface area contributed by atoms with E-state index in [2.05, 4.69) is 46.4 Å². The Bertz CT molecular complexity index is 571. The fourth-order valence-electron chi connectivity index (χ4n) is 2.96. The lowest BCUT2D eigenvalue weighted by Crippen LogP contribution is -2.09. The van der Waals surface area contributed by atoms with Crippen LogP contribution in [0.5, 0.6) is 0 Å². The summed E-state index contributed by atoms with van der Waals surface area (Å²) in [6.45, 7) is 4.41. The molecule has 0 spiro atoms. The van der Waals surface area contributed by atoms with Crippen LogP contribution in [-0.2, 0) is 6.42 Å². The number of aromatic nitrogens is 2. The minimum atomic E-state index is 0.664. The Kier molecular flexibility index (Phi) is 2.74. The van der Waals surface area contributed by atoms with Crippen LogP contribution in [0, 0.1) is 6.92 Å². The average molecular weight is 293 g/mol. The molecule has 1 aliphatic carbocycles. The molecule has 1 aliphatic rings. The summed E-state index contributed by atoms with van der Waals surface area (Å²) >= 11 is 3.58. The molecule has 3 heteroatoms. The molecular formula is C14H17BrN2. The lowest BCUT2D eigenvalue weighted by molar-refractivity contribution is 0.523. The number of hydrogen-bond acceptors (Lipinski definition) is 1. The SMILES string of the molecule is CCC1CCCc2c1nc1c(C)cc(Br)cn21. The Balaban J connectivity index is 2.30. The summed E-state index contributed by atoms with van der Waals surface area (Å²) in [7, 11) is 0. The van der Waals surface area contributed by atoms with Gasteiger partial charge >= 0.3 is 0 Å². The summed E-state index contributed by atoms with van der Waals surface area (Å²) in [6.07, 6.45) is 7.13. The molecule has 0 bridgehead atoms. The summed E-state index contributed by atoms with van der Waals surface area (Å²) in [4.78, 5) is 4.89. The number of halogens is 1. The second-order valence-electron chi connectivity index (χ2n) is 4.98. The van der Waals surface area contributed by atoms with Gasteiger partial charge in [0.15, 0.2) is 0 Å². The van der Waals surface area contributed by atoms with Crippen molar-refractivity contribution >= 4 is 21.6 Å². The molecule has 1 atom stereocenters. The van der Waals surface area contributed by atoms with Crippen LogP contribution in [0.15, 0.2) is 16.7 Å². The minimum absolute atomic E-state index is 0.664. The molecule has 0 N–H and O–H groups in total. The maximum absolute atomic E-state index is 4.89. The van der Waals surface area contributed by atoms with Crippen molar-refractivity contribution in [2.45, 2.75) is 45.4 Å². The van der Waals surface area contributed by atoms with E-state index in [-0.39, 0.29) is 0 Å². The zero-order valence-corrected chi connectivity index (χ0v) is 11.9. The molecule has 17 heavy (non-hydrogen) atoms. The second-order valence-corrected chi connectivity index (χ2v) is 5.89. The Labute approximate surface area is 110 Å². The van der Waals surface area contributed by atoms with Crippen molar-refractivity contribution in [3.63, 3.8) is 0 Å². The van der Waals surface area contributed by atoms with Crippen molar-refractivity contribution in [1.29, 1.82) is 0 Å². The highest BCUT2D eigenvalue weighted by atomic mass is 79.9. The smallest absolute Gasteiger partial charge is 0.140 e. The van der Waals surface area contributed by atoms with Gasteiger partial charge in [0.2, 0.25) is 0 Å². The van der Waals surface area contributed by atoms with Crippen LogP contribution in [0.3, 0.4) is 0 Å². The van der Waals surface area contributed by atoms with Crippen molar-refractivity contribution in [3.8, 4) is 0 Å². The first kappa shape index (κ1) is 11.3. The van der Waals surface area contributed by atoms with Gasteiger partial charge in [-0.1, -0.05) is 6.92 Å². The van der Waals surface area contributed by atoms with E-state index in [0.717, 1.165) is 10.1 Å². The standard InChI is InChI=1S/C14H17BrN2/c1-3-10-5-4-6-12-13(10)16-14-9(2)7-11(15)8-17(12)14/h7-8,10H,3-6H2,1-2H3. The average Bonchev–Trinajstić information content (AvgIpc) is 2.68. The molecule has 2 nitrogen and oxygen atoms in total. The molecule has 0 fully saturated rings. The summed E-state index contributed by atoms with van der Waals surface area (Å²) < 4.78 is 3.43. The van der Waals surface area contributed by atoms with Gasteiger partial charge < -0.3 is 4.40 Å². The van der Waals surface area contributed by atoms with Crippen molar-refractivity contribution < 1.29 is 0 Å². The fraction of sp³-hybridized carbons (Fsp3) is 0.500. The normalized spacial score (nSPS) is 19.6. The second kappa shape index (κ2) is 4.13. The largest absolute Gasteiger partial charge is 0.302 e. The zero-order chi connectivity index (χ0) is 12.0. The van der Waals surface area contributed by atoms with E-state index in [1.165, 1.54) is 42.6 Å². The van der Waals surface area contributed by atoms with Crippen molar-refractivity contribution in [2.24, 2.45) is 0 Å². The molecular weight excluding hydrogens is 276 g/mol. The molecule has 2 heterocycles. The Hall–Kier alpha value is -0.830. The Morgan fingerprint density at radius 2 is 2.35 bits per heavy atom. The predicted molar refractivity (Wildman–Crippen MR) is 73.6 cm³/mol. The van der Waals surface area contributed by atoms with Crippen molar-refractivity contribution in [3.05, 3.63) is 33.7 Å². The van der Waals surface area contributed by atoms with E-state index in [0.29, 0.717) is 5.92 Å². The van der Waals surface area contributed by atoms with Gasteiger partial charge in [-0.2, -0.15) is 0 Å². The highest BCUT2D eigenvalue weighted by Crippen LogP contribution is 2.34. The van der Waals surface area contributed by atoms with Crippen LogP contribution in [0.4, 0.5) is 0 Å². The first-order valence-corrected chi connectivity index (χ1v) is 7.17. The lowest BCUT2D eigenvalue weighted by Gasteiger charge is -2.19. The van der Waals surface area contributed by atoms with Gasteiger partial charge in [-0.3, -0.25) is 0 Å². The molecule has 0 saturated heterocycles. The topological polar surface area (TPSA) is 17.3 Å². The molecule has 3 rings (SSSR count). The molecule has 2 aromatic heterocycles. The maximum atomic E-state index is 4.89. The van der Waals surface area contributed by atoms with E-state index in [9.17, 15) is 0 Å². The van der Waals surface area contributed by atoms with Crippen molar-refractivity contribution in [2.75, 3.05) is 0 Å². The van der Waals surface area contributed by atoms with Gasteiger partial charge in [-0.25, -0.2) is 4.98 Å². The highest BCUT2D eigenvalue weighted by molar-refractivity contribution is 9.10. The summed E-state index contributed by atoms with van der Waals surface area (Å²) in [5.74, 6) is 0.664. The van der Waals surface area contributed by atoms with Crippen LogP contribution < -0.4 is 0 Å². The molecule has 0 radical (unpaired) electrons. The van der Waals surface area contributed by atoms with E-state index >= 15 is 0 Å². The number of imidazole rings is 1. The highest BCUT2D eigenvalue weighted by Gasteiger charge is 2.24. The monoisotopic (exact) mass is 292 g/mol. The number of nitrogens with zero attached hydrogens (tertiary/aromatic N) is 2. The first-order chi connectivity index (χ1) is 8.20. The van der Waals surface area contributed by atoms with Gasteiger partial charge in [-0.05, 0) is 60.2 Å². The summed E-state index contributed by atoms with van der Waals surface area (Å²) in [5.41, 5.74) is 5.17. The van der Waals surface area contributed by atoms with Crippen molar-refractivity contribution in [1.82, 2.24) is 9.38 Å². The lowest BCUT2D eigenvalue weighted by atomic mass is 9.88. The van der Waals surface area contributed by atoms with Gasteiger partial charge in [-0.15, -0.1) is 0 Å². The number of aryl methyl sites for hydroxylation is 2.